The predicted molar refractivity (Wildman–Crippen MR) is 117 cm³/mol. The first-order valence-electron chi connectivity index (χ1n) is 9.65. The third-order valence-electron chi connectivity index (χ3n) is 4.61. The van der Waals surface area contributed by atoms with Crippen LogP contribution in [0.15, 0.2) is 73.2 Å². The fourth-order valence-corrected chi connectivity index (χ4v) is 3.08. The van der Waals surface area contributed by atoms with E-state index < -0.39 is 10.9 Å². The third-order valence-corrected chi connectivity index (χ3v) is 4.61. The highest BCUT2D eigenvalue weighted by Crippen LogP contribution is 2.31. The Balaban J connectivity index is 1.92. The van der Waals surface area contributed by atoms with Gasteiger partial charge in [0.2, 0.25) is 0 Å². The smallest absolute Gasteiger partial charge is 0.330 e. The molecule has 0 atom stereocenters. The zero-order chi connectivity index (χ0) is 22.1. The molecule has 0 aliphatic carbocycles. The Bertz CT molecular complexity index is 1060. The van der Waals surface area contributed by atoms with Crippen LogP contribution in [0.3, 0.4) is 0 Å². The first-order valence-corrected chi connectivity index (χ1v) is 9.65. The quantitative estimate of drug-likeness (QED) is 0.225. The van der Waals surface area contributed by atoms with Crippen molar-refractivity contribution in [2.24, 2.45) is 0 Å². The van der Waals surface area contributed by atoms with Crippen molar-refractivity contribution in [3.8, 4) is 0 Å². The summed E-state index contributed by atoms with van der Waals surface area (Å²) in [5, 5.41) is 11.8. The number of nitrogens with zero attached hydrogens (tertiary/aromatic N) is 4. The zero-order valence-electron chi connectivity index (χ0n) is 17.0. The second-order valence-electron chi connectivity index (χ2n) is 6.72. The monoisotopic (exact) mass is 418 g/mol. The van der Waals surface area contributed by atoms with Crippen LogP contribution < -0.4 is 4.90 Å². The van der Waals surface area contributed by atoms with E-state index in [0.29, 0.717) is 30.8 Å². The van der Waals surface area contributed by atoms with Crippen molar-refractivity contribution in [3.05, 3.63) is 100 Å². The van der Waals surface area contributed by atoms with Gasteiger partial charge in [-0.25, -0.2) is 4.79 Å². The molecule has 2 aromatic heterocycles. The van der Waals surface area contributed by atoms with Gasteiger partial charge in [0.25, 0.3) is 5.69 Å². The van der Waals surface area contributed by atoms with E-state index in [2.05, 4.69) is 14.7 Å². The van der Waals surface area contributed by atoms with E-state index in [0.717, 1.165) is 11.3 Å². The van der Waals surface area contributed by atoms with Crippen molar-refractivity contribution in [2.45, 2.75) is 13.0 Å². The third kappa shape index (κ3) is 6.20. The Hall–Kier alpha value is -4.07. The number of rotatable bonds is 9. The zero-order valence-corrected chi connectivity index (χ0v) is 17.0. The second kappa shape index (κ2) is 10.6. The topological polar surface area (TPSA) is 98.5 Å². The van der Waals surface area contributed by atoms with Crippen LogP contribution in [0.4, 0.5) is 11.4 Å². The van der Waals surface area contributed by atoms with E-state index in [1.807, 2.05) is 35.2 Å². The number of nitro benzene ring substituents is 1. The highest BCUT2D eigenvalue weighted by atomic mass is 16.6. The van der Waals surface area contributed by atoms with Gasteiger partial charge >= 0.3 is 5.97 Å². The fraction of sp³-hybridized carbons (Fsp3) is 0.174. The highest BCUT2D eigenvalue weighted by Gasteiger charge is 2.20. The second-order valence-corrected chi connectivity index (χ2v) is 6.72. The normalized spacial score (nSPS) is 10.7. The summed E-state index contributed by atoms with van der Waals surface area (Å²) in [5.41, 5.74) is 2.82. The summed E-state index contributed by atoms with van der Waals surface area (Å²) in [6.07, 6.45) is 8.50. The van der Waals surface area contributed by atoms with Crippen molar-refractivity contribution in [2.75, 3.05) is 18.6 Å². The van der Waals surface area contributed by atoms with Crippen LogP contribution in [0.1, 0.15) is 16.8 Å². The Morgan fingerprint density at radius 1 is 1.19 bits per heavy atom. The Morgan fingerprint density at radius 2 is 2.06 bits per heavy atom. The van der Waals surface area contributed by atoms with Gasteiger partial charge in [0.1, 0.15) is 5.69 Å². The largest absolute Gasteiger partial charge is 0.466 e. The van der Waals surface area contributed by atoms with Crippen molar-refractivity contribution >= 4 is 23.4 Å². The van der Waals surface area contributed by atoms with Crippen LogP contribution in [0.25, 0.3) is 6.08 Å². The molecule has 8 nitrogen and oxygen atoms in total. The number of pyridine rings is 2. The first kappa shape index (κ1) is 21.6. The van der Waals surface area contributed by atoms with E-state index >= 15 is 0 Å². The summed E-state index contributed by atoms with van der Waals surface area (Å²) >= 11 is 0. The first-order chi connectivity index (χ1) is 15.1. The molecule has 1 aromatic carbocycles. The van der Waals surface area contributed by atoms with Gasteiger partial charge in [0, 0.05) is 55.9 Å². The van der Waals surface area contributed by atoms with E-state index in [4.69, 9.17) is 0 Å². The molecule has 8 heteroatoms. The number of hydrogen-bond acceptors (Lipinski definition) is 7. The van der Waals surface area contributed by atoms with Crippen molar-refractivity contribution < 1.29 is 14.5 Å². The van der Waals surface area contributed by atoms with Gasteiger partial charge in [-0.05, 0) is 41.5 Å². The number of ether oxygens (including phenoxy) is 1. The van der Waals surface area contributed by atoms with E-state index in [1.165, 1.54) is 25.3 Å². The molecule has 0 saturated heterocycles. The fourth-order valence-electron chi connectivity index (χ4n) is 3.08. The molecule has 0 radical (unpaired) electrons. The number of carbonyl (C=O) groups excluding carboxylic acids is 1. The van der Waals surface area contributed by atoms with Crippen LogP contribution in [-0.2, 0) is 22.5 Å². The molecule has 0 unspecified atom stereocenters. The molecule has 0 spiro atoms. The number of hydrogen-bond donors (Lipinski definition) is 0. The Labute approximate surface area is 180 Å². The molecule has 0 amide bonds. The van der Waals surface area contributed by atoms with Crippen molar-refractivity contribution in [3.63, 3.8) is 0 Å². The number of methoxy groups -OCH3 is 1. The summed E-state index contributed by atoms with van der Waals surface area (Å²) < 4.78 is 4.57. The molecular weight excluding hydrogens is 396 g/mol. The van der Waals surface area contributed by atoms with E-state index in [9.17, 15) is 14.9 Å². The van der Waals surface area contributed by atoms with Crippen LogP contribution in [-0.4, -0.2) is 34.5 Å². The van der Waals surface area contributed by atoms with Crippen LogP contribution in [0.2, 0.25) is 0 Å². The minimum Gasteiger partial charge on any atom is -0.466 e. The number of carbonyl (C=O) groups is 1. The predicted octanol–water partition coefficient (Wildman–Crippen LogP) is 3.82. The van der Waals surface area contributed by atoms with Crippen LogP contribution in [0, 0.1) is 10.1 Å². The molecule has 0 N–H and O–H groups in total. The average Bonchev–Trinajstić information content (AvgIpc) is 2.81. The minimum absolute atomic E-state index is 0.0445. The molecule has 2 heterocycles. The number of anilines is 1. The van der Waals surface area contributed by atoms with E-state index in [-0.39, 0.29) is 5.69 Å². The molecule has 3 aromatic rings. The van der Waals surface area contributed by atoms with Crippen molar-refractivity contribution in [1.82, 2.24) is 9.97 Å². The summed E-state index contributed by atoms with van der Waals surface area (Å²) in [7, 11) is 1.27. The molecule has 3 rings (SSSR count). The maximum Gasteiger partial charge on any atom is 0.330 e. The van der Waals surface area contributed by atoms with Gasteiger partial charge in [-0.15, -0.1) is 0 Å². The summed E-state index contributed by atoms with van der Waals surface area (Å²) in [6, 6.07) is 14.3. The van der Waals surface area contributed by atoms with Gasteiger partial charge in [-0.2, -0.15) is 0 Å². The lowest BCUT2D eigenvalue weighted by atomic mass is 10.1. The number of esters is 1. The summed E-state index contributed by atoms with van der Waals surface area (Å²) in [6.45, 7) is 0.989. The summed E-state index contributed by atoms with van der Waals surface area (Å²) in [4.78, 5) is 33.2. The molecule has 0 aliphatic heterocycles. The molecule has 0 saturated carbocycles. The van der Waals surface area contributed by atoms with E-state index in [1.54, 1.807) is 30.7 Å². The van der Waals surface area contributed by atoms with Gasteiger partial charge in [0.05, 0.1) is 12.0 Å². The highest BCUT2D eigenvalue weighted by molar-refractivity contribution is 5.87. The molecular formula is C23H22N4O4. The molecule has 0 fully saturated rings. The minimum atomic E-state index is -0.528. The molecule has 0 bridgehead atoms. The number of nitro groups is 1. The Kier molecular flexibility index (Phi) is 7.42. The average molecular weight is 418 g/mol. The van der Waals surface area contributed by atoms with Crippen LogP contribution in [0.5, 0.6) is 0 Å². The summed E-state index contributed by atoms with van der Waals surface area (Å²) in [5.74, 6) is -0.528. The SMILES string of the molecule is COC(=O)C=Cc1ccc(N(CCc2ccccn2)Cc2cccnc2)c([N+](=O)[O-])c1. The lowest BCUT2D eigenvalue weighted by Crippen LogP contribution is -2.26. The number of benzene rings is 1. The number of aromatic nitrogens is 2. The van der Waals surface area contributed by atoms with Gasteiger partial charge in [0.15, 0.2) is 0 Å². The standard InChI is InChI=1S/C23H22N4O4/c1-31-23(28)10-8-18-7-9-21(22(15-18)27(29)30)26(17-19-5-4-12-24-16-19)14-11-20-6-2-3-13-25-20/h2-10,12-13,15-16H,11,14,17H2,1H3. The maximum absolute atomic E-state index is 11.8. The van der Waals surface area contributed by atoms with Crippen LogP contribution >= 0.6 is 0 Å². The maximum atomic E-state index is 11.8. The van der Waals surface area contributed by atoms with Gasteiger partial charge < -0.3 is 9.64 Å². The van der Waals surface area contributed by atoms with Gasteiger partial charge in [-0.3, -0.25) is 20.1 Å². The van der Waals surface area contributed by atoms with Crippen molar-refractivity contribution in [1.29, 1.82) is 0 Å². The molecule has 158 valence electrons. The Morgan fingerprint density at radius 3 is 2.74 bits per heavy atom. The molecule has 31 heavy (non-hydrogen) atoms. The lowest BCUT2D eigenvalue weighted by molar-refractivity contribution is -0.384. The molecule has 0 aliphatic rings. The van der Waals surface area contributed by atoms with Gasteiger partial charge in [-0.1, -0.05) is 18.2 Å². The lowest BCUT2D eigenvalue weighted by Gasteiger charge is -2.25.